The average Bonchev–Trinajstić information content (AvgIpc) is 2.66. The van der Waals surface area contributed by atoms with E-state index in [1.807, 2.05) is 24.3 Å². The number of methoxy groups -OCH3 is 1. The topological polar surface area (TPSA) is 45.6 Å². The molecule has 0 amide bonds. The van der Waals surface area contributed by atoms with Crippen LogP contribution in [-0.2, 0) is 0 Å². The fraction of sp³-hybridized carbons (Fsp3) is 0.450. The molecule has 130 valence electrons. The molecule has 0 saturated carbocycles. The van der Waals surface area contributed by atoms with Crippen molar-refractivity contribution in [2.45, 2.75) is 25.0 Å². The molecule has 2 bridgehead atoms. The average molecular weight is 464 g/mol. The third-order valence-corrected chi connectivity index (χ3v) is 5.82. The molecule has 1 aromatic carbocycles. The Kier molecular flexibility index (Phi) is 6.32. The van der Waals surface area contributed by atoms with Crippen molar-refractivity contribution >= 4 is 59.8 Å². The molecule has 1 N–H and O–H groups in total. The van der Waals surface area contributed by atoms with Crippen molar-refractivity contribution in [1.82, 2.24) is 9.88 Å². The zero-order valence-electron chi connectivity index (χ0n) is 14.1. The number of aliphatic hydroxyl groups is 1. The van der Waals surface area contributed by atoms with Crippen LogP contribution in [0.5, 0.6) is 5.75 Å². The van der Waals surface area contributed by atoms with Gasteiger partial charge in [-0.05, 0) is 61.1 Å². The van der Waals surface area contributed by atoms with Gasteiger partial charge in [-0.2, -0.15) is 0 Å². The Balaban J connectivity index is 0.00000182. The molecule has 5 atom stereocenters. The van der Waals surface area contributed by atoms with Gasteiger partial charge in [0.25, 0.3) is 0 Å². The molecule has 3 aliphatic heterocycles. The van der Waals surface area contributed by atoms with Gasteiger partial charge in [-0.25, -0.2) is 0 Å². The van der Waals surface area contributed by atoms with Crippen molar-refractivity contribution < 1.29 is 9.84 Å². The molecule has 25 heavy (non-hydrogen) atoms. The summed E-state index contributed by atoms with van der Waals surface area (Å²) in [6, 6.07) is 7.96. The zero-order valence-corrected chi connectivity index (χ0v) is 14.1. The first-order chi connectivity index (χ1) is 11.7. The molecule has 5 rings (SSSR count). The Morgan fingerprint density at radius 3 is 2.92 bits per heavy atom. The van der Waals surface area contributed by atoms with Gasteiger partial charge in [-0.15, -0.1) is 6.58 Å². The van der Waals surface area contributed by atoms with E-state index in [-0.39, 0.29) is 54.9 Å². The molecule has 3 saturated heterocycles. The summed E-state index contributed by atoms with van der Waals surface area (Å²) in [5.41, 5.74) is 1.85. The minimum atomic E-state index is -0.504. The summed E-state index contributed by atoms with van der Waals surface area (Å²) >= 11 is 0. The summed E-state index contributed by atoms with van der Waals surface area (Å²) in [4.78, 5) is 6.86. The Labute approximate surface area is 189 Å². The van der Waals surface area contributed by atoms with Crippen LogP contribution >= 0.6 is 0 Å². The number of fused-ring (bicyclic) bond motifs is 4. The maximum atomic E-state index is 11.2. The number of aromatic nitrogens is 1. The van der Waals surface area contributed by atoms with Gasteiger partial charge in [0, 0.05) is 24.2 Å². The number of benzene rings is 1. The van der Waals surface area contributed by atoms with Crippen molar-refractivity contribution in [1.29, 1.82) is 0 Å². The molecule has 0 spiro atoms. The van der Waals surface area contributed by atoms with E-state index in [2.05, 4.69) is 22.5 Å². The number of hydrogen-bond acceptors (Lipinski definition) is 4. The minimum absolute atomic E-state index is 0. The van der Waals surface area contributed by atoms with Gasteiger partial charge in [-0.1, -0.05) is 6.08 Å². The van der Waals surface area contributed by atoms with E-state index >= 15 is 0 Å². The van der Waals surface area contributed by atoms with Crippen LogP contribution in [0.2, 0.25) is 0 Å². The predicted octanol–water partition coefficient (Wildman–Crippen LogP) is 2.26. The number of aliphatic hydroxyl groups excluding tert-OH is 1. The summed E-state index contributed by atoms with van der Waals surface area (Å²) < 4.78 is 5.35. The molecular formula is C20H26BaN2O2. The van der Waals surface area contributed by atoms with E-state index in [1.54, 1.807) is 13.3 Å². The zero-order chi connectivity index (χ0) is 16.7. The fourth-order valence-electron chi connectivity index (χ4n) is 4.44. The van der Waals surface area contributed by atoms with Crippen molar-refractivity contribution in [2.75, 3.05) is 20.2 Å². The summed E-state index contributed by atoms with van der Waals surface area (Å²) in [6.07, 6.45) is 5.62. The van der Waals surface area contributed by atoms with Crippen molar-refractivity contribution in [3.8, 4) is 5.75 Å². The van der Waals surface area contributed by atoms with E-state index in [9.17, 15) is 5.11 Å². The first-order valence-electron chi connectivity index (χ1n) is 8.68. The second kappa shape index (κ2) is 8.13. The molecule has 5 heteroatoms. The molecule has 1 aromatic heterocycles. The van der Waals surface area contributed by atoms with Crippen LogP contribution in [0.15, 0.2) is 43.1 Å². The third kappa shape index (κ3) is 3.58. The van der Waals surface area contributed by atoms with E-state index in [1.165, 1.54) is 6.42 Å². The number of pyridine rings is 1. The Morgan fingerprint density at radius 2 is 2.24 bits per heavy atom. The molecule has 4 heterocycles. The quantitative estimate of drug-likeness (QED) is 0.558. The monoisotopic (exact) mass is 464 g/mol. The molecule has 2 aromatic rings. The first-order valence-corrected chi connectivity index (χ1v) is 8.68. The van der Waals surface area contributed by atoms with E-state index in [0.717, 1.165) is 41.7 Å². The standard InChI is InChI=1S/C20H24N2O2.Ba.2H/c1-3-13-12-22-9-7-14(13)10-19(22)20(23)16-6-8-21-18-5-4-15(24-2)11-17(16)18;;;/h3-6,8,11,13-14,19-20,23H,1,7,9-10,12H2,2H3;;;/t13-,14?,19-,20-;;;/m1.../s1. The van der Waals surface area contributed by atoms with Crippen molar-refractivity contribution in [2.24, 2.45) is 11.8 Å². The van der Waals surface area contributed by atoms with Crippen LogP contribution in [-0.4, -0.2) is 90.1 Å². The van der Waals surface area contributed by atoms with Crippen LogP contribution in [0.25, 0.3) is 10.9 Å². The normalized spacial score (nSPS) is 29.0. The molecule has 0 aliphatic carbocycles. The Hall–Kier alpha value is -0.339. The summed E-state index contributed by atoms with van der Waals surface area (Å²) in [7, 11) is 1.66. The van der Waals surface area contributed by atoms with Gasteiger partial charge in [0.05, 0.1) is 18.7 Å². The second-order valence-electron chi connectivity index (χ2n) is 6.97. The van der Waals surface area contributed by atoms with E-state index in [0.29, 0.717) is 11.8 Å². The van der Waals surface area contributed by atoms with Crippen LogP contribution in [0.4, 0.5) is 0 Å². The van der Waals surface area contributed by atoms with Crippen LogP contribution in [0.1, 0.15) is 24.5 Å². The SMILES string of the molecule is C=C[C@@H]1CN2CCC1C[C@@H]2[C@H](O)c1ccnc2ccc(OC)cc12.[BaH2]. The van der Waals surface area contributed by atoms with Crippen molar-refractivity contribution in [3.05, 3.63) is 48.7 Å². The number of rotatable bonds is 4. The summed E-state index contributed by atoms with van der Waals surface area (Å²) in [5, 5.41) is 12.1. The van der Waals surface area contributed by atoms with Gasteiger partial charge < -0.3 is 9.84 Å². The summed E-state index contributed by atoms with van der Waals surface area (Å²) in [5.74, 6) is 2.01. The Morgan fingerprint density at radius 1 is 1.40 bits per heavy atom. The Bertz CT molecular complexity index is 766. The maximum absolute atomic E-state index is 11.2. The fourth-order valence-corrected chi connectivity index (χ4v) is 4.44. The van der Waals surface area contributed by atoms with E-state index in [4.69, 9.17) is 4.74 Å². The number of hydrogen-bond donors (Lipinski definition) is 1. The second-order valence-corrected chi connectivity index (χ2v) is 6.97. The summed E-state index contributed by atoms with van der Waals surface area (Å²) in [6.45, 7) is 6.07. The molecule has 4 nitrogen and oxygen atoms in total. The number of nitrogens with zero attached hydrogens (tertiary/aromatic N) is 2. The number of piperidine rings is 3. The predicted molar refractivity (Wildman–Crippen MR) is 104 cm³/mol. The van der Waals surface area contributed by atoms with Gasteiger partial charge in [0.15, 0.2) is 0 Å². The van der Waals surface area contributed by atoms with Gasteiger partial charge in [0.2, 0.25) is 0 Å². The van der Waals surface area contributed by atoms with Gasteiger partial charge in [0.1, 0.15) is 5.75 Å². The van der Waals surface area contributed by atoms with Crippen molar-refractivity contribution in [3.63, 3.8) is 0 Å². The van der Waals surface area contributed by atoms with Crippen LogP contribution in [0, 0.1) is 11.8 Å². The third-order valence-electron chi connectivity index (χ3n) is 5.82. The van der Waals surface area contributed by atoms with Gasteiger partial charge in [-0.3, -0.25) is 9.88 Å². The molecule has 3 aliphatic rings. The van der Waals surface area contributed by atoms with Gasteiger partial charge >= 0.3 is 48.9 Å². The van der Waals surface area contributed by atoms with Crippen LogP contribution in [0.3, 0.4) is 0 Å². The molecule has 3 fully saturated rings. The van der Waals surface area contributed by atoms with Crippen LogP contribution < -0.4 is 4.74 Å². The first kappa shape index (κ1) is 19.4. The molecular weight excluding hydrogens is 438 g/mol. The van der Waals surface area contributed by atoms with E-state index < -0.39 is 6.10 Å². The molecule has 0 radical (unpaired) electrons. The molecule has 2 unspecified atom stereocenters. The number of ether oxygens (including phenoxy) is 1.